The Bertz CT molecular complexity index is 1160. The average Bonchev–Trinajstić information content (AvgIpc) is 3.05. The summed E-state index contributed by atoms with van der Waals surface area (Å²) in [4.78, 5) is 12.6. The molecule has 31 heavy (non-hydrogen) atoms. The summed E-state index contributed by atoms with van der Waals surface area (Å²) in [7, 11) is -7.03. The van der Waals surface area contributed by atoms with Gasteiger partial charge in [0.2, 0.25) is 10.0 Å². The molecule has 1 amide bonds. The first-order valence-corrected chi connectivity index (χ1v) is 13.7. The van der Waals surface area contributed by atoms with E-state index in [2.05, 4.69) is 22.2 Å². The molecule has 1 aliphatic carbocycles. The van der Waals surface area contributed by atoms with Gasteiger partial charge in [0, 0.05) is 23.6 Å². The molecule has 7 nitrogen and oxygen atoms in total. The summed E-state index contributed by atoms with van der Waals surface area (Å²) in [6, 6.07) is 15.3. The predicted octanol–water partition coefficient (Wildman–Crippen LogP) is 2.00. The fourth-order valence-electron chi connectivity index (χ4n) is 4.28. The van der Waals surface area contributed by atoms with Gasteiger partial charge in [-0.05, 0) is 49.1 Å². The summed E-state index contributed by atoms with van der Waals surface area (Å²) in [5.74, 6) is -0.444. The largest absolute Gasteiger partial charge is 0.351 e. The Balaban J connectivity index is 1.39. The van der Waals surface area contributed by atoms with Gasteiger partial charge in [-0.15, -0.1) is 0 Å². The molecule has 166 valence electrons. The van der Waals surface area contributed by atoms with Crippen molar-refractivity contribution in [1.82, 2.24) is 10.0 Å². The standard InChI is InChI=1S/C22H26N2O5S2/c25-21(23-16-22(12-4-13-22)18-5-2-1-3-6-18)17-7-9-20(10-8-17)31(28,29)24-19-11-14-30(26,27)15-19/h1-3,5-10,19,24H,4,11-16H2,(H,23,25)/t19-/m0/s1. The first-order chi connectivity index (χ1) is 14.7. The monoisotopic (exact) mass is 462 g/mol. The number of sulfone groups is 1. The zero-order valence-electron chi connectivity index (χ0n) is 17.1. The molecule has 2 N–H and O–H groups in total. The van der Waals surface area contributed by atoms with Crippen molar-refractivity contribution in [3.05, 3.63) is 65.7 Å². The van der Waals surface area contributed by atoms with Crippen LogP contribution in [0, 0.1) is 0 Å². The van der Waals surface area contributed by atoms with Crippen LogP contribution < -0.4 is 10.0 Å². The molecule has 2 aromatic carbocycles. The van der Waals surface area contributed by atoms with Crippen molar-refractivity contribution < 1.29 is 21.6 Å². The van der Waals surface area contributed by atoms with Crippen molar-refractivity contribution in [3.63, 3.8) is 0 Å². The average molecular weight is 463 g/mol. The molecular formula is C22H26N2O5S2. The molecule has 0 aromatic heterocycles. The molecule has 0 unspecified atom stereocenters. The number of hydrogen-bond donors (Lipinski definition) is 2. The van der Waals surface area contributed by atoms with E-state index in [0.29, 0.717) is 12.1 Å². The Kier molecular flexibility index (Phi) is 5.93. The number of amides is 1. The molecule has 0 radical (unpaired) electrons. The van der Waals surface area contributed by atoms with Crippen molar-refractivity contribution in [2.75, 3.05) is 18.1 Å². The SMILES string of the molecule is O=C(NCC1(c2ccccc2)CCC1)c1ccc(S(=O)(=O)N[C@H]2CCS(=O)(=O)C2)cc1. The van der Waals surface area contributed by atoms with E-state index in [1.54, 1.807) is 0 Å². The molecule has 4 rings (SSSR count). The van der Waals surface area contributed by atoms with E-state index in [0.717, 1.165) is 19.3 Å². The number of rotatable bonds is 7. The molecule has 9 heteroatoms. The predicted molar refractivity (Wildman–Crippen MR) is 118 cm³/mol. The highest BCUT2D eigenvalue weighted by molar-refractivity contribution is 7.92. The maximum Gasteiger partial charge on any atom is 0.251 e. The van der Waals surface area contributed by atoms with Gasteiger partial charge in [-0.1, -0.05) is 36.8 Å². The molecular weight excluding hydrogens is 436 g/mol. The van der Waals surface area contributed by atoms with Gasteiger partial charge in [0.15, 0.2) is 9.84 Å². The van der Waals surface area contributed by atoms with Crippen LogP contribution in [0.5, 0.6) is 0 Å². The third kappa shape index (κ3) is 4.83. The van der Waals surface area contributed by atoms with Crippen molar-refractivity contribution in [2.24, 2.45) is 0 Å². The first kappa shape index (κ1) is 22.0. The molecule has 2 aliphatic rings. The van der Waals surface area contributed by atoms with Gasteiger partial charge in [0.1, 0.15) is 0 Å². The molecule has 0 spiro atoms. The summed E-state index contributed by atoms with van der Waals surface area (Å²) in [5.41, 5.74) is 1.57. The number of nitrogens with one attached hydrogen (secondary N) is 2. The minimum atomic E-state index is -3.85. The molecule has 2 aromatic rings. The van der Waals surface area contributed by atoms with Crippen LogP contribution in [0.1, 0.15) is 41.6 Å². The minimum absolute atomic E-state index is 0.00750. The van der Waals surface area contributed by atoms with Crippen LogP contribution in [0.25, 0.3) is 0 Å². The maximum atomic E-state index is 12.6. The topological polar surface area (TPSA) is 109 Å². The zero-order chi connectivity index (χ0) is 22.1. The summed E-state index contributed by atoms with van der Waals surface area (Å²) in [6.45, 7) is 0.535. The van der Waals surface area contributed by atoms with Crippen LogP contribution in [0.15, 0.2) is 59.5 Å². The van der Waals surface area contributed by atoms with E-state index in [-0.39, 0.29) is 34.1 Å². The highest BCUT2D eigenvalue weighted by atomic mass is 32.2. The van der Waals surface area contributed by atoms with Crippen molar-refractivity contribution in [1.29, 1.82) is 0 Å². The van der Waals surface area contributed by atoms with E-state index in [1.165, 1.54) is 29.8 Å². The number of hydrogen-bond acceptors (Lipinski definition) is 5. The van der Waals surface area contributed by atoms with E-state index in [4.69, 9.17) is 0 Å². The van der Waals surface area contributed by atoms with Crippen LogP contribution in [0.2, 0.25) is 0 Å². The molecule has 1 saturated carbocycles. The molecule has 1 atom stereocenters. The van der Waals surface area contributed by atoms with Gasteiger partial charge in [-0.25, -0.2) is 21.6 Å². The van der Waals surface area contributed by atoms with E-state index < -0.39 is 25.9 Å². The lowest BCUT2D eigenvalue weighted by molar-refractivity contribution is 0.0927. The van der Waals surface area contributed by atoms with Crippen LogP contribution in [0.3, 0.4) is 0 Å². The molecule has 2 fully saturated rings. The Labute approximate surface area is 183 Å². The van der Waals surface area contributed by atoms with Gasteiger partial charge in [-0.2, -0.15) is 0 Å². The normalized spacial score (nSPS) is 21.9. The van der Waals surface area contributed by atoms with Crippen molar-refractivity contribution in [2.45, 2.75) is 42.0 Å². The number of sulfonamides is 1. The van der Waals surface area contributed by atoms with Gasteiger partial charge in [-0.3, -0.25) is 4.79 Å². The highest BCUT2D eigenvalue weighted by Crippen LogP contribution is 2.43. The first-order valence-electron chi connectivity index (χ1n) is 10.4. The van der Waals surface area contributed by atoms with Crippen LogP contribution in [0.4, 0.5) is 0 Å². The second-order valence-corrected chi connectivity index (χ2v) is 12.4. The fraction of sp³-hybridized carbons (Fsp3) is 0.409. The molecule has 1 heterocycles. The lowest BCUT2D eigenvalue weighted by atomic mass is 9.64. The lowest BCUT2D eigenvalue weighted by Crippen LogP contribution is -2.45. The van der Waals surface area contributed by atoms with Gasteiger partial charge >= 0.3 is 0 Å². The van der Waals surface area contributed by atoms with Gasteiger partial charge in [0.25, 0.3) is 5.91 Å². The fourth-order valence-corrected chi connectivity index (χ4v) is 7.32. The van der Waals surface area contributed by atoms with Crippen LogP contribution >= 0.6 is 0 Å². The Morgan fingerprint density at radius 3 is 2.26 bits per heavy atom. The summed E-state index contributed by atoms with van der Waals surface area (Å²) >= 11 is 0. The Morgan fingerprint density at radius 1 is 1.03 bits per heavy atom. The van der Waals surface area contributed by atoms with Crippen LogP contribution in [-0.2, 0) is 25.3 Å². The Morgan fingerprint density at radius 2 is 1.71 bits per heavy atom. The van der Waals surface area contributed by atoms with E-state index >= 15 is 0 Å². The zero-order valence-corrected chi connectivity index (χ0v) is 18.7. The summed E-state index contributed by atoms with van der Waals surface area (Å²) < 4.78 is 50.6. The minimum Gasteiger partial charge on any atom is -0.351 e. The van der Waals surface area contributed by atoms with Gasteiger partial charge in [0.05, 0.1) is 16.4 Å². The second-order valence-electron chi connectivity index (χ2n) is 8.43. The van der Waals surface area contributed by atoms with Crippen molar-refractivity contribution in [3.8, 4) is 0 Å². The lowest BCUT2D eigenvalue weighted by Gasteiger charge is -2.42. The number of carbonyl (C=O) groups excluding carboxylic acids is 1. The molecule has 1 aliphatic heterocycles. The maximum absolute atomic E-state index is 12.6. The third-order valence-corrected chi connectivity index (χ3v) is 9.57. The van der Waals surface area contributed by atoms with E-state index in [1.807, 2.05) is 18.2 Å². The quantitative estimate of drug-likeness (QED) is 0.654. The Hall–Kier alpha value is -2.23. The smallest absolute Gasteiger partial charge is 0.251 e. The van der Waals surface area contributed by atoms with Crippen molar-refractivity contribution >= 4 is 25.8 Å². The summed E-state index contributed by atoms with van der Waals surface area (Å²) in [5, 5.41) is 3.00. The summed E-state index contributed by atoms with van der Waals surface area (Å²) in [6.07, 6.45) is 3.45. The number of benzene rings is 2. The highest BCUT2D eigenvalue weighted by Gasteiger charge is 2.38. The number of carbonyl (C=O) groups is 1. The van der Waals surface area contributed by atoms with Gasteiger partial charge < -0.3 is 5.32 Å². The molecule has 0 bridgehead atoms. The molecule has 1 saturated heterocycles. The second kappa shape index (κ2) is 8.37. The van der Waals surface area contributed by atoms with E-state index in [9.17, 15) is 21.6 Å². The third-order valence-electron chi connectivity index (χ3n) is 6.27. The van der Waals surface area contributed by atoms with Crippen LogP contribution in [-0.4, -0.2) is 46.8 Å².